The number of carbonyl (C=O) groups excluding carboxylic acids is 3. The number of aromatic hydroxyl groups is 1. The van der Waals surface area contributed by atoms with Crippen LogP contribution in [0.5, 0.6) is 5.75 Å². The summed E-state index contributed by atoms with van der Waals surface area (Å²) in [6, 6.07) is 0.777. The molecule has 0 aliphatic carbocycles. The van der Waals surface area contributed by atoms with Crippen molar-refractivity contribution < 1.29 is 39.3 Å². The summed E-state index contributed by atoms with van der Waals surface area (Å²) >= 11 is 0. The average Bonchev–Trinajstić information content (AvgIpc) is 2.88. The smallest absolute Gasteiger partial charge is 0.326 e. The Bertz CT molecular complexity index is 1040. The van der Waals surface area contributed by atoms with Crippen molar-refractivity contribution in [3.8, 4) is 5.75 Å². The lowest BCUT2D eigenvalue weighted by Gasteiger charge is -2.25. The van der Waals surface area contributed by atoms with E-state index in [1.54, 1.807) is 0 Å². The monoisotopic (exact) mass is 565 g/mol. The Morgan fingerprint density at radius 2 is 1.38 bits per heavy atom. The molecule has 4 atom stereocenters. The van der Waals surface area contributed by atoms with E-state index in [4.69, 9.17) is 22.3 Å². The van der Waals surface area contributed by atoms with Crippen LogP contribution in [-0.2, 0) is 30.4 Å². The fourth-order valence-electron chi connectivity index (χ4n) is 3.62. The molecular weight excluding hydrogens is 526 g/mol. The first kappa shape index (κ1) is 33.6. The van der Waals surface area contributed by atoms with Gasteiger partial charge < -0.3 is 48.5 Å². The van der Waals surface area contributed by atoms with Gasteiger partial charge in [-0.3, -0.25) is 24.2 Å². The SMILES string of the molecule is CCCC[C@H](NC(=O)[C@H](CCCN=C(N)N)NC(=O)[C@@H](N)CC(=O)O)C(=O)N[C@@H](Cc1ccc(O)cc1)C(=O)O. The van der Waals surface area contributed by atoms with Gasteiger partial charge in [-0.05, 0) is 37.0 Å². The standard InChI is InChI=1S/C25H39N7O8/c1-2-3-5-17(23(38)32-19(24(39)40)12-14-7-9-15(33)10-8-14)31-22(37)18(6-4-11-29-25(27)28)30-21(36)16(26)13-20(34)35/h7-10,16-19,33H,2-6,11-13,26H2,1H3,(H,30,36)(H,31,37)(H,32,38)(H,34,35)(H,39,40)(H4,27,28,29)/t16-,17-,18-,19-/m0/s1. The number of carboxylic acids is 2. The largest absolute Gasteiger partial charge is 0.508 e. The van der Waals surface area contributed by atoms with Gasteiger partial charge in [0.15, 0.2) is 5.96 Å². The van der Waals surface area contributed by atoms with Gasteiger partial charge in [0.25, 0.3) is 0 Å². The van der Waals surface area contributed by atoms with Crippen molar-refractivity contribution in [3.05, 3.63) is 29.8 Å². The molecule has 15 nitrogen and oxygen atoms in total. The molecule has 3 amide bonds. The number of aliphatic carboxylic acids is 2. The lowest BCUT2D eigenvalue weighted by atomic mass is 10.0. The summed E-state index contributed by atoms with van der Waals surface area (Å²) in [5.41, 5.74) is 16.8. The fraction of sp³-hybridized carbons (Fsp3) is 0.520. The molecule has 0 spiro atoms. The van der Waals surface area contributed by atoms with Gasteiger partial charge in [-0.2, -0.15) is 0 Å². The predicted molar refractivity (Wildman–Crippen MR) is 145 cm³/mol. The first-order valence-electron chi connectivity index (χ1n) is 12.8. The number of carboxylic acid groups (broad SMARTS) is 2. The quantitative estimate of drug-likeness (QED) is 0.0562. The van der Waals surface area contributed by atoms with Gasteiger partial charge in [-0.15, -0.1) is 0 Å². The van der Waals surface area contributed by atoms with Crippen LogP contribution in [0.25, 0.3) is 0 Å². The van der Waals surface area contributed by atoms with E-state index in [1.165, 1.54) is 24.3 Å². The van der Waals surface area contributed by atoms with Gasteiger partial charge in [0.1, 0.15) is 23.9 Å². The van der Waals surface area contributed by atoms with Gasteiger partial charge in [-0.25, -0.2) is 4.79 Å². The molecule has 0 bridgehead atoms. The third-order valence-corrected chi connectivity index (χ3v) is 5.78. The Kier molecular flexibility index (Phi) is 14.5. The first-order chi connectivity index (χ1) is 18.8. The zero-order valence-electron chi connectivity index (χ0n) is 22.3. The van der Waals surface area contributed by atoms with Crippen LogP contribution in [0.3, 0.4) is 0 Å². The van der Waals surface area contributed by atoms with Crippen LogP contribution in [0.2, 0.25) is 0 Å². The number of aliphatic imine (C=N–C) groups is 1. The van der Waals surface area contributed by atoms with Crippen LogP contribution in [0.4, 0.5) is 0 Å². The highest BCUT2D eigenvalue weighted by Gasteiger charge is 2.30. The molecule has 40 heavy (non-hydrogen) atoms. The Morgan fingerprint density at radius 1 is 0.850 bits per heavy atom. The minimum Gasteiger partial charge on any atom is -0.508 e. The van der Waals surface area contributed by atoms with E-state index in [2.05, 4.69) is 20.9 Å². The molecule has 12 N–H and O–H groups in total. The van der Waals surface area contributed by atoms with E-state index in [1.807, 2.05) is 6.92 Å². The maximum Gasteiger partial charge on any atom is 0.326 e. The molecule has 0 saturated carbocycles. The minimum atomic E-state index is -1.42. The molecule has 222 valence electrons. The lowest BCUT2D eigenvalue weighted by molar-refractivity contribution is -0.142. The molecule has 0 radical (unpaired) electrons. The molecule has 15 heteroatoms. The molecule has 0 aliphatic heterocycles. The van der Waals surface area contributed by atoms with Crippen molar-refractivity contribution in [3.63, 3.8) is 0 Å². The topological polar surface area (TPSA) is 273 Å². The van der Waals surface area contributed by atoms with Crippen LogP contribution < -0.4 is 33.2 Å². The third-order valence-electron chi connectivity index (χ3n) is 5.78. The molecule has 0 aliphatic rings. The van der Waals surface area contributed by atoms with Crippen molar-refractivity contribution in [2.24, 2.45) is 22.2 Å². The summed E-state index contributed by atoms with van der Waals surface area (Å²) in [4.78, 5) is 65.3. The van der Waals surface area contributed by atoms with E-state index in [0.717, 1.165) is 0 Å². The zero-order valence-corrected chi connectivity index (χ0v) is 22.3. The zero-order chi connectivity index (χ0) is 30.2. The molecule has 0 heterocycles. The number of nitrogens with one attached hydrogen (secondary N) is 3. The van der Waals surface area contributed by atoms with Crippen LogP contribution >= 0.6 is 0 Å². The van der Waals surface area contributed by atoms with Crippen LogP contribution in [0.1, 0.15) is 51.0 Å². The number of phenolic OH excluding ortho intramolecular Hbond substituents is 1. The summed E-state index contributed by atoms with van der Waals surface area (Å²) < 4.78 is 0. The number of rotatable bonds is 18. The molecule has 0 unspecified atom stereocenters. The number of hydrogen-bond donors (Lipinski definition) is 9. The molecule has 1 rings (SSSR count). The van der Waals surface area contributed by atoms with Gasteiger partial charge in [0.2, 0.25) is 17.7 Å². The third kappa shape index (κ3) is 12.9. The number of carbonyl (C=O) groups is 5. The minimum absolute atomic E-state index is 0.00543. The Labute approximate surface area is 231 Å². The second-order valence-electron chi connectivity index (χ2n) is 9.19. The number of amides is 3. The van der Waals surface area contributed by atoms with E-state index in [-0.39, 0.29) is 43.9 Å². The fourth-order valence-corrected chi connectivity index (χ4v) is 3.62. The van der Waals surface area contributed by atoms with E-state index >= 15 is 0 Å². The molecule has 0 saturated heterocycles. The summed E-state index contributed by atoms with van der Waals surface area (Å²) in [7, 11) is 0. The highest BCUT2D eigenvalue weighted by Crippen LogP contribution is 2.12. The van der Waals surface area contributed by atoms with Gasteiger partial charge in [0.05, 0.1) is 12.5 Å². The molecule has 1 aromatic rings. The molecular formula is C25H39N7O8. The Balaban J connectivity index is 3.04. The summed E-state index contributed by atoms with van der Waals surface area (Å²) in [5.74, 6) is -5.11. The van der Waals surface area contributed by atoms with E-state index in [0.29, 0.717) is 18.4 Å². The maximum atomic E-state index is 13.2. The normalized spacial score (nSPS) is 13.7. The molecule has 0 aromatic heterocycles. The number of guanidine groups is 1. The molecule has 0 fully saturated rings. The van der Waals surface area contributed by atoms with Crippen LogP contribution in [-0.4, -0.2) is 81.7 Å². The lowest BCUT2D eigenvalue weighted by Crippen LogP contribution is -2.57. The summed E-state index contributed by atoms with van der Waals surface area (Å²) in [5, 5.41) is 35.4. The number of nitrogens with two attached hydrogens (primary N) is 3. The van der Waals surface area contributed by atoms with Crippen LogP contribution in [0, 0.1) is 0 Å². The van der Waals surface area contributed by atoms with Gasteiger partial charge in [0, 0.05) is 13.0 Å². The Hall–Kier alpha value is -4.40. The number of nitrogens with zero attached hydrogens (tertiary/aromatic N) is 1. The second-order valence-corrected chi connectivity index (χ2v) is 9.19. The highest BCUT2D eigenvalue weighted by atomic mass is 16.4. The van der Waals surface area contributed by atoms with Gasteiger partial charge in [-0.1, -0.05) is 31.9 Å². The second kappa shape index (κ2) is 17.2. The Morgan fingerprint density at radius 3 is 1.88 bits per heavy atom. The number of phenols is 1. The van der Waals surface area contributed by atoms with Crippen molar-refractivity contribution in [2.75, 3.05) is 6.54 Å². The number of hydrogen-bond acceptors (Lipinski definition) is 8. The first-order valence-corrected chi connectivity index (χ1v) is 12.8. The van der Waals surface area contributed by atoms with Crippen molar-refractivity contribution >= 4 is 35.6 Å². The predicted octanol–water partition coefficient (Wildman–Crippen LogP) is -1.48. The van der Waals surface area contributed by atoms with E-state index < -0.39 is 60.2 Å². The number of unbranched alkanes of at least 4 members (excludes halogenated alkanes) is 1. The number of benzene rings is 1. The van der Waals surface area contributed by atoms with E-state index in [9.17, 15) is 34.2 Å². The van der Waals surface area contributed by atoms with Crippen molar-refractivity contribution in [1.29, 1.82) is 0 Å². The van der Waals surface area contributed by atoms with Crippen molar-refractivity contribution in [2.45, 2.75) is 76.0 Å². The van der Waals surface area contributed by atoms with Crippen molar-refractivity contribution in [1.82, 2.24) is 16.0 Å². The highest BCUT2D eigenvalue weighted by molar-refractivity contribution is 5.94. The maximum absolute atomic E-state index is 13.2. The summed E-state index contributed by atoms with van der Waals surface area (Å²) in [6.07, 6.45) is 0.955. The summed E-state index contributed by atoms with van der Waals surface area (Å²) in [6.45, 7) is 2.01. The van der Waals surface area contributed by atoms with Crippen LogP contribution in [0.15, 0.2) is 29.3 Å². The average molecular weight is 566 g/mol. The molecule has 1 aromatic carbocycles. The van der Waals surface area contributed by atoms with Gasteiger partial charge >= 0.3 is 11.9 Å².